The van der Waals surface area contributed by atoms with Crippen LogP contribution < -0.4 is 37.2 Å². The fourth-order valence-electron chi connectivity index (χ4n) is 7.00. The monoisotopic (exact) mass is 1020 g/mol. The number of hydrogen-bond acceptors (Lipinski definition) is 12. The third-order valence-corrected chi connectivity index (χ3v) is 10.8. The van der Waals surface area contributed by atoms with Gasteiger partial charge >= 0.3 is 12.0 Å². The van der Waals surface area contributed by atoms with Crippen LogP contribution in [0.5, 0.6) is 0 Å². The molecule has 1 aromatic heterocycles. The van der Waals surface area contributed by atoms with Crippen molar-refractivity contribution in [2.45, 2.75) is 70.0 Å². The molecule has 22 nitrogen and oxygen atoms in total. The summed E-state index contributed by atoms with van der Waals surface area (Å²) < 4.78 is 16.3. The fourth-order valence-corrected chi connectivity index (χ4v) is 7.00. The number of anilines is 2. The highest BCUT2D eigenvalue weighted by molar-refractivity contribution is 6.00. The number of aromatic nitrogens is 1. The molecule has 7 amide bonds. The highest BCUT2D eigenvalue weighted by Crippen LogP contribution is 2.16. The molecule has 4 rings (SSSR count). The zero-order chi connectivity index (χ0) is 53.2. The number of pyridine rings is 1. The van der Waals surface area contributed by atoms with Gasteiger partial charge in [-0.2, -0.15) is 0 Å². The Balaban J connectivity index is 1.39. The molecule has 8 N–H and O–H groups in total. The lowest BCUT2D eigenvalue weighted by atomic mass is 10.0. The highest BCUT2D eigenvalue weighted by Gasteiger charge is 2.30. The number of azide groups is 1. The number of aryl methyl sites for hydroxylation is 1. The van der Waals surface area contributed by atoms with Crippen LogP contribution in [0.15, 0.2) is 115 Å². The van der Waals surface area contributed by atoms with Crippen molar-refractivity contribution in [1.29, 1.82) is 0 Å². The summed E-state index contributed by atoms with van der Waals surface area (Å²) in [5.41, 5.74) is 12.3. The lowest BCUT2D eigenvalue weighted by Gasteiger charge is -2.25. The fraction of sp³-hybridized carbons (Fsp3) is 0.385. The van der Waals surface area contributed by atoms with Crippen LogP contribution in [0, 0.1) is 6.92 Å². The molecule has 74 heavy (non-hydrogen) atoms. The number of nitrogens with zero attached hydrogens (tertiary/aromatic N) is 4. The van der Waals surface area contributed by atoms with Crippen molar-refractivity contribution in [3.63, 3.8) is 0 Å². The zero-order valence-corrected chi connectivity index (χ0v) is 41.3. The number of aliphatic carboxylic acids is 1. The zero-order valence-electron chi connectivity index (χ0n) is 41.3. The molecule has 0 bridgehead atoms. The van der Waals surface area contributed by atoms with Gasteiger partial charge in [-0.1, -0.05) is 71.8 Å². The molecule has 3 aromatic carbocycles. The second-order valence-electron chi connectivity index (χ2n) is 16.6. The van der Waals surface area contributed by atoms with Crippen molar-refractivity contribution < 1.29 is 52.9 Å². The molecular formula is C52H65N11O11. The van der Waals surface area contributed by atoms with Crippen LogP contribution in [0.4, 0.5) is 16.2 Å². The number of amides is 7. The Kier molecular flexibility index (Phi) is 27.0. The first kappa shape index (κ1) is 58.4. The Hall–Kier alpha value is -8.17. The van der Waals surface area contributed by atoms with E-state index in [1.54, 1.807) is 91.3 Å². The molecule has 0 unspecified atom stereocenters. The lowest BCUT2D eigenvalue weighted by molar-refractivity contribution is -0.138. The van der Waals surface area contributed by atoms with E-state index in [1.165, 1.54) is 6.08 Å². The van der Waals surface area contributed by atoms with Gasteiger partial charge in [-0.15, -0.1) is 0 Å². The van der Waals surface area contributed by atoms with Crippen LogP contribution in [0.1, 0.15) is 54.4 Å². The van der Waals surface area contributed by atoms with E-state index >= 15 is 0 Å². The predicted octanol–water partition coefficient (Wildman–Crippen LogP) is 4.61. The van der Waals surface area contributed by atoms with Gasteiger partial charge in [0.15, 0.2) is 0 Å². The van der Waals surface area contributed by atoms with Gasteiger partial charge in [0.1, 0.15) is 18.1 Å². The summed E-state index contributed by atoms with van der Waals surface area (Å²) in [4.78, 5) is 99.0. The average molecular weight is 1020 g/mol. The minimum atomic E-state index is -1.43. The van der Waals surface area contributed by atoms with Crippen LogP contribution in [0.2, 0.25) is 0 Å². The SMILES string of the molecule is Cc1ccccc1NC(=O)Nc1ccc(CC(=O)N[C@@H](CCCCNC(=O)/C=C/c2cccnc2)C(=O)N[C@@H](CCC(=O)O)C(=O)N[C@@H](Cc2ccccc2)C(=O)NCCOCCOCCOCCN=[N+]=[N-])cc1. The molecule has 0 spiro atoms. The van der Waals surface area contributed by atoms with Crippen molar-refractivity contribution >= 4 is 59.0 Å². The molecule has 0 saturated heterocycles. The van der Waals surface area contributed by atoms with Gasteiger partial charge in [0.05, 0.1) is 46.1 Å². The van der Waals surface area contributed by atoms with Crippen LogP contribution in [0.3, 0.4) is 0 Å². The first-order valence-corrected chi connectivity index (χ1v) is 24.2. The number of rotatable bonds is 34. The number of nitrogens with one attached hydrogen (secondary N) is 7. The van der Waals surface area contributed by atoms with Crippen molar-refractivity contribution in [3.8, 4) is 0 Å². The van der Waals surface area contributed by atoms with Crippen LogP contribution >= 0.6 is 0 Å². The number of carbonyl (C=O) groups excluding carboxylic acids is 6. The normalized spacial score (nSPS) is 12.0. The van der Waals surface area contributed by atoms with Crippen LogP contribution in [-0.2, 0) is 55.8 Å². The molecule has 22 heteroatoms. The number of urea groups is 1. The number of hydrogen-bond donors (Lipinski definition) is 8. The van der Waals surface area contributed by atoms with E-state index in [-0.39, 0.29) is 77.7 Å². The smallest absolute Gasteiger partial charge is 0.323 e. The van der Waals surface area contributed by atoms with E-state index in [1.807, 2.05) is 25.1 Å². The number of carboxylic acids is 1. The quantitative estimate of drug-likeness (QED) is 0.0105. The molecule has 0 aliphatic heterocycles. The minimum Gasteiger partial charge on any atom is -0.481 e. The van der Waals surface area contributed by atoms with Crippen LogP contribution in [-0.4, -0.2) is 129 Å². The highest BCUT2D eigenvalue weighted by atomic mass is 16.5. The maximum Gasteiger partial charge on any atom is 0.323 e. The van der Waals surface area contributed by atoms with Gasteiger partial charge in [0.2, 0.25) is 29.5 Å². The number of ether oxygens (including phenoxy) is 3. The van der Waals surface area contributed by atoms with Crippen molar-refractivity contribution in [2.75, 3.05) is 69.9 Å². The molecule has 0 aliphatic rings. The summed E-state index contributed by atoms with van der Waals surface area (Å²) in [5, 5.41) is 32.2. The second-order valence-corrected chi connectivity index (χ2v) is 16.6. The van der Waals surface area contributed by atoms with Gasteiger partial charge in [-0.05, 0) is 90.7 Å². The number of carbonyl (C=O) groups is 7. The Morgan fingerprint density at radius 2 is 1.36 bits per heavy atom. The van der Waals surface area contributed by atoms with E-state index in [9.17, 15) is 38.7 Å². The summed E-state index contributed by atoms with van der Waals surface area (Å²) in [7, 11) is 0. The van der Waals surface area contributed by atoms with E-state index in [0.29, 0.717) is 48.6 Å². The predicted molar refractivity (Wildman–Crippen MR) is 276 cm³/mol. The first-order valence-electron chi connectivity index (χ1n) is 24.2. The van der Waals surface area contributed by atoms with Crippen LogP contribution in [0.25, 0.3) is 16.5 Å². The van der Waals surface area contributed by atoms with E-state index < -0.39 is 60.2 Å². The van der Waals surface area contributed by atoms with E-state index in [4.69, 9.17) is 19.7 Å². The summed E-state index contributed by atoms with van der Waals surface area (Å²) in [6.45, 7) is 3.95. The van der Waals surface area contributed by atoms with E-state index in [2.05, 4.69) is 52.2 Å². The Bertz CT molecular complexity index is 2480. The van der Waals surface area contributed by atoms with Crippen molar-refractivity contribution in [3.05, 3.63) is 142 Å². The number of para-hydroxylation sites is 1. The number of benzene rings is 3. The third kappa shape index (κ3) is 24.3. The minimum absolute atomic E-state index is 0.0593. The molecule has 4 aromatic rings. The van der Waals surface area contributed by atoms with Gasteiger partial charge in [-0.25, -0.2) is 4.79 Å². The molecule has 0 radical (unpaired) electrons. The maximum atomic E-state index is 14.1. The maximum absolute atomic E-state index is 14.1. The molecule has 0 aliphatic carbocycles. The first-order chi connectivity index (χ1) is 35.9. The molecule has 3 atom stereocenters. The number of unbranched alkanes of at least 4 members (excludes halogenated alkanes) is 1. The van der Waals surface area contributed by atoms with Crippen molar-refractivity contribution in [2.24, 2.45) is 5.11 Å². The lowest BCUT2D eigenvalue weighted by Crippen LogP contribution is -2.57. The largest absolute Gasteiger partial charge is 0.481 e. The second kappa shape index (κ2) is 34.2. The van der Waals surface area contributed by atoms with E-state index in [0.717, 1.165) is 11.1 Å². The third-order valence-electron chi connectivity index (χ3n) is 10.8. The molecule has 0 fully saturated rings. The van der Waals surface area contributed by atoms with Gasteiger partial charge in [-0.3, -0.25) is 33.8 Å². The summed E-state index contributed by atoms with van der Waals surface area (Å²) in [6.07, 6.45) is 6.10. The average Bonchev–Trinajstić information content (AvgIpc) is 3.39. The topological polar surface area (TPSA) is 313 Å². The van der Waals surface area contributed by atoms with Gasteiger partial charge in [0, 0.05) is 67.2 Å². The molecule has 1 heterocycles. The Morgan fingerprint density at radius 1 is 0.689 bits per heavy atom. The molecular weight excluding hydrogens is 955 g/mol. The van der Waals surface area contributed by atoms with Gasteiger partial charge < -0.3 is 56.5 Å². The molecule has 394 valence electrons. The summed E-state index contributed by atoms with van der Waals surface area (Å²) in [6, 6.07) is 22.1. The summed E-state index contributed by atoms with van der Waals surface area (Å²) >= 11 is 0. The molecule has 0 saturated carbocycles. The Morgan fingerprint density at radius 3 is 2.05 bits per heavy atom. The Labute approximate surface area is 429 Å². The van der Waals surface area contributed by atoms with Gasteiger partial charge in [0.25, 0.3) is 0 Å². The summed E-state index contributed by atoms with van der Waals surface area (Å²) in [5.74, 6) is -4.25. The number of carboxylic acid groups (broad SMARTS) is 1. The van der Waals surface area contributed by atoms with Crippen molar-refractivity contribution in [1.82, 2.24) is 31.6 Å². The standard InChI is InChI=1S/C52H65N11O11/c1-37-10-5-6-14-42(37)62-52(71)58-41-19-16-39(17-20-41)35-47(65)59-43(15-7-8-25-55-46(64)22-18-40-13-9-24-54-36-40)50(69)60-44(21-23-48(66)67)51(70)61-45(34-38-11-3-2-4-12-38)49(68)56-26-28-72-30-32-74-33-31-73-29-27-57-63-53/h2-6,9-14,16-20,22,24,36,43-45H,7-8,15,21,23,25-35H2,1H3,(H,55,64)(H,56,68)(H,59,65)(H,60,69)(H,61,70)(H,66,67)(H2,58,62,71)/b22-18+/t43-,44-,45-/m0/s1.